The number of pyridine rings is 1. The molecule has 1 aliphatic heterocycles. The Morgan fingerprint density at radius 2 is 1.32 bits per heavy atom. The molecule has 0 fully saturated rings. The van der Waals surface area contributed by atoms with Crippen molar-refractivity contribution >= 4 is 35.2 Å². The number of allylic oxidation sites excluding steroid dienone is 1. The first kappa shape index (κ1) is 29.1. The average Bonchev–Trinajstić information content (AvgIpc) is 3.50. The second kappa shape index (κ2) is 11.8. The summed E-state index contributed by atoms with van der Waals surface area (Å²) in [6.07, 6.45) is 6.55. The van der Waals surface area contributed by atoms with Gasteiger partial charge in [-0.1, -0.05) is 0 Å². The van der Waals surface area contributed by atoms with Gasteiger partial charge in [0.15, 0.2) is 0 Å². The summed E-state index contributed by atoms with van der Waals surface area (Å²) in [7, 11) is 0. The van der Waals surface area contributed by atoms with Crippen LogP contribution in [0.2, 0.25) is 0 Å². The number of rotatable bonds is 11. The number of anilines is 1. The Labute approximate surface area is 246 Å². The van der Waals surface area contributed by atoms with Crippen LogP contribution in [0.3, 0.4) is 0 Å². The van der Waals surface area contributed by atoms with Gasteiger partial charge in [0.05, 0.1) is 31.9 Å². The highest BCUT2D eigenvalue weighted by Crippen LogP contribution is 2.35. The smallest absolute Gasteiger partial charge is 0.340 e. The molecule has 0 saturated carbocycles. The molecule has 2 N–H and O–H groups in total. The third-order valence-corrected chi connectivity index (χ3v) is 6.78. The molecule has 44 heavy (non-hydrogen) atoms. The van der Waals surface area contributed by atoms with Crippen molar-refractivity contribution in [1.82, 2.24) is 15.0 Å². The van der Waals surface area contributed by atoms with Gasteiger partial charge in [0.2, 0.25) is 5.95 Å². The molecule has 2 aromatic heterocycles. The van der Waals surface area contributed by atoms with Crippen molar-refractivity contribution in [3.63, 3.8) is 0 Å². The van der Waals surface area contributed by atoms with E-state index in [0.717, 1.165) is 6.20 Å². The van der Waals surface area contributed by atoms with E-state index in [1.165, 1.54) is 60.7 Å². The molecule has 16 heteroatoms. The van der Waals surface area contributed by atoms with Crippen LogP contribution in [0, 0.1) is 30.3 Å². The molecule has 5 rings (SSSR count). The molecule has 0 aliphatic carbocycles. The van der Waals surface area contributed by atoms with Crippen molar-refractivity contribution in [2.75, 3.05) is 11.9 Å². The van der Waals surface area contributed by atoms with E-state index in [9.17, 15) is 40.2 Å². The maximum Gasteiger partial charge on any atom is 0.340 e. The van der Waals surface area contributed by atoms with E-state index in [1.807, 2.05) is 0 Å². The largest absolute Gasteiger partial charge is 0.478 e. The Kier molecular flexibility index (Phi) is 7.80. The van der Waals surface area contributed by atoms with E-state index in [0.29, 0.717) is 12.1 Å². The van der Waals surface area contributed by atoms with Crippen LogP contribution < -0.4 is 5.32 Å². The number of nitro groups is 3. The van der Waals surface area contributed by atoms with Gasteiger partial charge in [-0.25, -0.2) is 14.8 Å². The molecule has 0 spiro atoms. The second-order valence-electron chi connectivity index (χ2n) is 9.43. The molecule has 1 atom stereocenters. The molecule has 0 bridgehead atoms. The Hall–Kier alpha value is -6.45. The fourth-order valence-electron chi connectivity index (χ4n) is 4.61. The lowest BCUT2D eigenvalue weighted by Crippen LogP contribution is -2.25. The van der Waals surface area contributed by atoms with Crippen molar-refractivity contribution in [1.29, 1.82) is 0 Å². The molecule has 220 valence electrons. The van der Waals surface area contributed by atoms with E-state index < -0.39 is 26.3 Å². The molecule has 1 aliphatic rings. The molecule has 3 heterocycles. The molecule has 4 aromatic rings. The van der Waals surface area contributed by atoms with E-state index in [4.69, 9.17) is 0 Å². The van der Waals surface area contributed by atoms with Gasteiger partial charge in [-0.05, 0) is 48.9 Å². The summed E-state index contributed by atoms with van der Waals surface area (Å²) in [5, 5.41) is 46.7. The molecule has 2 aromatic carbocycles. The highest BCUT2D eigenvalue weighted by atomic mass is 16.6. The minimum atomic E-state index is -1.38. The van der Waals surface area contributed by atoms with Crippen LogP contribution in [0.25, 0.3) is 22.5 Å². The van der Waals surface area contributed by atoms with Gasteiger partial charge in [-0.2, -0.15) is 0 Å². The fraction of sp³-hybridized carbons (Fsp3) is 0.107. The highest BCUT2D eigenvalue weighted by molar-refractivity contribution is 6.01. The number of benzene rings is 2. The number of aromatic carboxylic acids is 1. The monoisotopic (exact) mass is 596 g/mol. The van der Waals surface area contributed by atoms with E-state index in [-0.39, 0.29) is 57.6 Å². The number of carboxylic acid groups (broad SMARTS) is 1. The number of hydrogen-bond donors (Lipinski definition) is 2. The third-order valence-electron chi connectivity index (χ3n) is 6.78. The van der Waals surface area contributed by atoms with Crippen LogP contribution in [0.15, 0.2) is 84.0 Å². The number of nitrogens with zero attached hydrogens (tertiary/aromatic N) is 7. The minimum Gasteiger partial charge on any atom is -0.478 e. The number of hydrogen-bond acceptors (Lipinski definition) is 12. The maximum atomic E-state index is 12.5. The quantitative estimate of drug-likeness (QED) is 0.173. The van der Waals surface area contributed by atoms with Gasteiger partial charge < -0.3 is 10.4 Å². The summed E-state index contributed by atoms with van der Waals surface area (Å²) in [5.74, 6) is -1.37. The van der Waals surface area contributed by atoms with Gasteiger partial charge in [0.25, 0.3) is 17.1 Å². The SMILES string of the molecule is O=C(O)c1c(-c2ccc([N+](=O)[O-])cc2)nc(NCCC2(c3ccc([N+](=O)[O-])cn3)C=CC=N2)nc1-c1ccc([N+](=O)[O-])cc1. The Balaban J connectivity index is 1.53. The fourth-order valence-corrected chi connectivity index (χ4v) is 4.61. The van der Waals surface area contributed by atoms with Crippen molar-refractivity contribution in [2.24, 2.45) is 4.99 Å². The van der Waals surface area contributed by atoms with Crippen LogP contribution in [0.5, 0.6) is 0 Å². The summed E-state index contributed by atoms with van der Waals surface area (Å²) < 4.78 is 0. The number of carbonyl (C=O) groups is 1. The number of nitrogens with one attached hydrogen (secondary N) is 1. The highest BCUT2D eigenvalue weighted by Gasteiger charge is 2.32. The van der Waals surface area contributed by atoms with E-state index >= 15 is 0 Å². The normalized spacial score (nSPS) is 15.2. The Morgan fingerprint density at radius 1 is 0.795 bits per heavy atom. The first-order valence-electron chi connectivity index (χ1n) is 12.8. The van der Waals surface area contributed by atoms with Crippen LogP contribution in [-0.2, 0) is 5.54 Å². The maximum absolute atomic E-state index is 12.5. The predicted molar refractivity (Wildman–Crippen MR) is 156 cm³/mol. The molecule has 0 amide bonds. The summed E-state index contributed by atoms with van der Waals surface area (Å²) >= 11 is 0. The zero-order chi connectivity index (χ0) is 31.4. The first-order chi connectivity index (χ1) is 21.1. The second-order valence-corrected chi connectivity index (χ2v) is 9.43. The molecular formula is C28H20N8O8. The van der Waals surface area contributed by atoms with Crippen LogP contribution >= 0.6 is 0 Å². The molecule has 0 saturated heterocycles. The summed E-state index contributed by atoms with van der Waals surface area (Å²) in [5.41, 5.74) is -0.917. The van der Waals surface area contributed by atoms with Crippen molar-refractivity contribution in [3.05, 3.63) is 121 Å². The standard InChI is InChI=1S/C28H20N8O8/c37-26(38)23-24(17-2-6-19(7-3-17)34(39)40)32-27(33-25(23)18-4-8-20(9-5-18)35(41)42)29-15-13-28(12-1-14-31-28)22-11-10-21(16-30-22)36(43)44/h1-12,14,16H,13,15H2,(H,37,38)(H,29,32,33). The van der Waals surface area contributed by atoms with E-state index in [2.05, 4.69) is 25.3 Å². The van der Waals surface area contributed by atoms with Crippen LogP contribution in [-0.4, -0.2) is 53.6 Å². The number of nitro benzene ring substituents is 2. The molecule has 0 radical (unpaired) electrons. The van der Waals surface area contributed by atoms with Gasteiger partial charge in [-0.15, -0.1) is 0 Å². The van der Waals surface area contributed by atoms with Crippen LogP contribution in [0.1, 0.15) is 22.5 Å². The number of aromatic nitrogens is 3. The molecule has 16 nitrogen and oxygen atoms in total. The number of non-ortho nitro benzene ring substituents is 2. The summed E-state index contributed by atoms with van der Waals surface area (Å²) in [6, 6.07) is 13.2. The lowest BCUT2D eigenvalue weighted by molar-refractivity contribution is -0.385. The van der Waals surface area contributed by atoms with Gasteiger partial charge in [0.1, 0.15) is 17.3 Å². The lowest BCUT2D eigenvalue weighted by atomic mass is 9.92. The van der Waals surface area contributed by atoms with Gasteiger partial charge in [0, 0.05) is 54.2 Å². The Morgan fingerprint density at radius 3 is 1.73 bits per heavy atom. The van der Waals surface area contributed by atoms with Gasteiger partial charge >= 0.3 is 5.97 Å². The average molecular weight is 597 g/mol. The molecular weight excluding hydrogens is 576 g/mol. The van der Waals surface area contributed by atoms with Gasteiger partial charge in [-0.3, -0.25) is 40.3 Å². The third kappa shape index (κ3) is 5.80. The first-order valence-corrected chi connectivity index (χ1v) is 12.8. The zero-order valence-electron chi connectivity index (χ0n) is 22.4. The van der Waals surface area contributed by atoms with Crippen molar-refractivity contribution in [3.8, 4) is 22.5 Å². The number of aliphatic imine (C=N–C) groups is 1. The number of carboxylic acids is 1. The van der Waals surface area contributed by atoms with E-state index in [1.54, 1.807) is 18.4 Å². The van der Waals surface area contributed by atoms with Crippen LogP contribution in [0.4, 0.5) is 23.0 Å². The molecule has 1 unspecified atom stereocenters. The lowest BCUT2D eigenvalue weighted by Gasteiger charge is -2.24. The van der Waals surface area contributed by atoms with Crippen molar-refractivity contribution < 1.29 is 24.7 Å². The predicted octanol–water partition coefficient (Wildman–Crippen LogP) is 4.97. The summed E-state index contributed by atoms with van der Waals surface area (Å²) in [6.45, 7) is 0.187. The summed E-state index contributed by atoms with van der Waals surface area (Å²) in [4.78, 5) is 61.8. The van der Waals surface area contributed by atoms with Crippen molar-refractivity contribution in [2.45, 2.75) is 12.0 Å². The Bertz CT molecular complexity index is 1750. The zero-order valence-corrected chi connectivity index (χ0v) is 22.4. The minimum absolute atomic E-state index is 0.00877. The topological polar surface area (TPSA) is 230 Å².